The van der Waals surface area contributed by atoms with Gasteiger partial charge < -0.3 is 5.43 Å². The molecule has 0 bridgehead atoms. The van der Waals surface area contributed by atoms with Crippen LogP contribution in [0.5, 0.6) is 0 Å². The Hall–Kier alpha value is -1.59. The molecular weight excluding hydrogens is 368 g/mol. The lowest BCUT2D eigenvalue weighted by Gasteiger charge is -2.16. The Kier molecular flexibility index (Phi) is 7.36. The molecule has 0 spiro atoms. The van der Waals surface area contributed by atoms with Crippen LogP contribution in [0, 0.1) is 6.92 Å². The van der Waals surface area contributed by atoms with Crippen molar-refractivity contribution in [2.75, 3.05) is 0 Å². The van der Waals surface area contributed by atoms with E-state index in [9.17, 15) is 8.42 Å². The van der Waals surface area contributed by atoms with Gasteiger partial charge in [-0.3, -0.25) is 0 Å². The van der Waals surface area contributed by atoms with E-state index in [4.69, 9.17) is 0 Å². The first-order valence-electron chi connectivity index (χ1n) is 10.7. The average molecular weight is 403 g/mol. The van der Waals surface area contributed by atoms with Crippen molar-refractivity contribution in [2.45, 2.75) is 89.4 Å². The predicted octanol–water partition coefficient (Wildman–Crippen LogP) is 5.67. The highest BCUT2D eigenvalue weighted by molar-refractivity contribution is 7.89. The van der Waals surface area contributed by atoms with Gasteiger partial charge in [0, 0.05) is 0 Å². The molecule has 0 heterocycles. The number of rotatable bonds is 4. The van der Waals surface area contributed by atoms with E-state index < -0.39 is 10.0 Å². The van der Waals surface area contributed by atoms with E-state index in [1.807, 2.05) is 19.1 Å². The van der Waals surface area contributed by atoms with Gasteiger partial charge in [-0.2, -0.15) is 0 Å². The molecule has 154 valence electrons. The molecule has 0 radical (unpaired) electrons. The molecule has 0 fully saturated rings. The second-order valence-electron chi connectivity index (χ2n) is 8.29. The van der Waals surface area contributed by atoms with Crippen molar-refractivity contribution in [2.24, 2.45) is 0 Å². The minimum atomic E-state index is -3.58. The summed E-state index contributed by atoms with van der Waals surface area (Å²) in [6.45, 7) is 4.07. The minimum absolute atomic E-state index is 0.287. The molecule has 0 amide bonds. The highest BCUT2D eigenvalue weighted by Gasteiger charge is 2.23. The Balaban J connectivity index is 1.72. The van der Waals surface area contributed by atoms with Gasteiger partial charge in [0.25, 0.3) is 10.0 Å². The summed E-state index contributed by atoms with van der Waals surface area (Å²) < 4.78 is 25.3. The van der Waals surface area contributed by atoms with Gasteiger partial charge >= 0.3 is 0 Å². The van der Waals surface area contributed by atoms with Gasteiger partial charge in [-0.25, -0.2) is 8.42 Å². The van der Waals surface area contributed by atoms with Gasteiger partial charge in [-0.05, 0) is 69.2 Å². The molecule has 0 aliphatic heterocycles. The number of allylic oxidation sites excluding steroid dienone is 3. The maximum Gasteiger partial charge on any atom is 0.257 e. The number of hydrogen-bond acceptors (Lipinski definition) is 3. The molecule has 1 aromatic rings. The number of hydrazine groups is 1. The molecule has 28 heavy (non-hydrogen) atoms. The third-order valence-electron chi connectivity index (χ3n) is 5.93. The molecular formula is C23H34N2O2S. The van der Waals surface area contributed by atoms with Crippen LogP contribution in [0.15, 0.2) is 51.6 Å². The highest BCUT2D eigenvalue weighted by Crippen LogP contribution is 2.37. The largest absolute Gasteiger partial charge is 0.308 e. The van der Waals surface area contributed by atoms with Crippen LogP contribution in [0.2, 0.25) is 0 Å². The van der Waals surface area contributed by atoms with Crippen molar-refractivity contribution in [3.05, 3.63) is 52.2 Å². The lowest BCUT2D eigenvalue weighted by atomic mass is 9.96. The quantitative estimate of drug-likeness (QED) is 0.638. The Bertz CT molecular complexity index is 836. The number of benzene rings is 1. The van der Waals surface area contributed by atoms with Crippen molar-refractivity contribution in [3.63, 3.8) is 0 Å². The molecule has 1 aromatic carbocycles. The summed E-state index contributed by atoms with van der Waals surface area (Å²) in [4.78, 5) is 2.90. The fourth-order valence-electron chi connectivity index (χ4n) is 4.27. The summed E-state index contributed by atoms with van der Waals surface area (Å²) in [6.07, 6.45) is 13.5. The first-order valence-corrected chi connectivity index (χ1v) is 12.2. The molecule has 2 aliphatic rings. The van der Waals surface area contributed by atoms with Crippen LogP contribution in [0.3, 0.4) is 0 Å². The van der Waals surface area contributed by atoms with Crippen LogP contribution in [0.1, 0.15) is 83.1 Å². The van der Waals surface area contributed by atoms with Crippen molar-refractivity contribution in [1.82, 2.24) is 10.3 Å². The number of sulfonamides is 1. The Labute approximate surface area is 170 Å². The molecule has 0 atom stereocenters. The summed E-state index contributed by atoms with van der Waals surface area (Å²) in [6, 6.07) is 6.94. The molecule has 2 N–H and O–H groups in total. The van der Waals surface area contributed by atoms with Crippen LogP contribution in [-0.4, -0.2) is 8.42 Å². The van der Waals surface area contributed by atoms with Crippen LogP contribution in [-0.2, 0) is 10.0 Å². The summed E-state index contributed by atoms with van der Waals surface area (Å²) in [5.74, 6) is 0. The van der Waals surface area contributed by atoms with Crippen molar-refractivity contribution in [3.8, 4) is 0 Å². The smallest absolute Gasteiger partial charge is 0.257 e. The first kappa shape index (κ1) is 21.1. The first-order chi connectivity index (χ1) is 13.5. The molecule has 0 aromatic heterocycles. The van der Waals surface area contributed by atoms with E-state index >= 15 is 0 Å². The van der Waals surface area contributed by atoms with Crippen LogP contribution < -0.4 is 10.3 Å². The van der Waals surface area contributed by atoms with Gasteiger partial charge in [-0.15, -0.1) is 4.83 Å². The second kappa shape index (κ2) is 9.75. The molecule has 0 saturated heterocycles. The highest BCUT2D eigenvalue weighted by atomic mass is 32.2. The van der Waals surface area contributed by atoms with E-state index in [0.29, 0.717) is 0 Å². The third kappa shape index (κ3) is 5.48. The zero-order chi connectivity index (χ0) is 20.0. The van der Waals surface area contributed by atoms with Crippen LogP contribution >= 0.6 is 0 Å². The molecule has 0 unspecified atom stereocenters. The van der Waals surface area contributed by atoms with E-state index in [-0.39, 0.29) is 4.90 Å². The maximum absolute atomic E-state index is 12.7. The maximum atomic E-state index is 12.7. The van der Waals surface area contributed by atoms with Gasteiger partial charge in [0.2, 0.25) is 0 Å². The van der Waals surface area contributed by atoms with Gasteiger partial charge in [0.05, 0.1) is 10.6 Å². The zero-order valence-corrected chi connectivity index (χ0v) is 18.1. The summed E-state index contributed by atoms with van der Waals surface area (Å²) in [5, 5.41) is 0. The fourth-order valence-corrected chi connectivity index (χ4v) is 5.12. The van der Waals surface area contributed by atoms with Crippen molar-refractivity contribution < 1.29 is 8.42 Å². The summed E-state index contributed by atoms with van der Waals surface area (Å²) in [5.41, 5.74) is 9.23. The van der Waals surface area contributed by atoms with E-state index in [2.05, 4.69) is 17.2 Å². The molecule has 2 aliphatic carbocycles. The van der Waals surface area contributed by atoms with Crippen molar-refractivity contribution in [1.29, 1.82) is 0 Å². The van der Waals surface area contributed by atoms with Crippen molar-refractivity contribution >= 4 is 10.0 Å². The van der Waals surface area contributed by atoms with Crippen LogP contribution in [0.25, 0.3) is 0 Å². The SMILES string of the molecule is CC1=C(NNS(=O)(=O)c2ccc(C)cc2)C2=C(CCCCCCCCCC2)C1. The predicted molar refractivity (Wildman–Crippen MR) is 115 cm³/mol. The average Bonchev–Trinajstić information content (AvgIpc) is 2.95. The van der Waals surface area contributed by atoms with Gasteiger partial charge in [-0.1, -0.05) is 61.8 Å². The zero-order valence-electron chi connectivity index (χ0n) is 17.3. The normalized spacial score (nSPS) is 19.8. The second-order valence-corrected chi connectivity index (χ2v) is 9.97. The van der Waals surface area contributed by atoms with E-state index in [1.165, 1.54) is 68.1 Å². The van der Waals surface area contributed by atoms with Crippen LogP contribution in [0.4, 0.5) is 0 Å². The van der Waals surface area contributed by atoms with E-state index in [0.717, 1.165) is 30.5 Å². The summed E-state index contributed by atoms with van der Waals surface area (Å²) >= 11 is 0. The number of nitrogens with one attached hydrogen (secondary N) is 2. The lowest BCUT2D eigenvalue weighted by Crippen LogP contribution is -2.37. The molecule has 5 heteroatoms. The van der Waals surface area contributed by atoms with Gasteiger partial charge in [0.1, 0.15) is 0 Å². The molecule has 0 saturated carbocycles. The molecule has 3 rings (SSSR count). The monoisotopic (exact) mass is 402 g/mol. The lowest BCUT2D eigenvalue weighted by molar-refractivity contribution is 0.555. The van der Waals surface area contributed by atoms with Gasteiger partial charge in [0.15, 0.2) is 0 Å². The fraction of sp³-hybridized carbons (Fsp3) is 0.565. The minimum Gasteiger partial charge on any atom is -0.308 e. The number of hydrogen-bond donors (Lipinski definition) is 2. The topological polar surface area (TPSA) is 58.2 Å². The Morgan fingerprint density at radius 2 is 1.36 bits per heavy atom. The molecule has 4 nitrogen and oxygen atoms in total. The standard InChI is InChI=1S/C23H34N2O2S/c1-18-13-15-21(16-14-18)28(26,27)25-24-23-19(2)17-20-11-9-7-5-3-4-6-8-10-12-22(20)23/h13-16,24-25H,3-12,17H2,1-2H3. The van der Waals surface area contributed by atoms with E-state index in [1.54, 1.807) is 12.1 Å². The number of aryl methyl sites for hydroxylation is 1. The third-order valence-corrected chi connectivity index (χ3v) is 7.19. The Morgan fingerprint density at radius 3 is 2.00 bits per heavy atom. The summed E-state index contributed by atoms with van der Waals surface area (Å²) in [7, 11) is -3.58. The Morgan fingerprint density at radius 1 is 0.786 bits per heavy atom.